The van der Waals surface area contributed by atoms with Crippen LogP contribution in [0, 0.1) is 11.3 Å². The first-order chi connectivity index (χ1) is 9.52. The van der Waals surface area contributed by atoms with Crippen molar-refractivity contribution in [2.75, 3.05) is 11.9 Å². The predicted molar refractivity (Wildman–Crippen MR) is 86.0 cm³/mol. The molecule has 0 saturated heterocycles. The number of nitrogens with two attached hydrogens (primary N) is 1. The summed E-state index contributed by atoms with van der Waals surface area (Å²) in [6, 6.07) is 15.7. The van der Waals surface area contributed by atoms with Crippen LogP contribution in [-0.2, 0) is 0 Å². The van der Waals surface area contributed by atoms with Gasteiger partial charge in [-0.15, -0.1) is 0 Å². The SMILES string of the molecule is CC(N)c1ccc(Br)cc1N(C)c1cccc(C#N)c1. The molecule has 1 atom stereocenters. The van der Waals surface area contributed by atoms with Gasteiger partial charge >= 0.3 is 0 Å². The standard InChI is InChI=1S/C16H16BrN3/c1-11(19)15-7-6-13(17)9-16(15)20(2)14-5-3-4-12(8-14)10-18/h3-9,11H,19H2,1-2H3. The Bertz CT molecular complexity index is 659. The van der Waals surface area contributed by atoms with Crippen molar-refractivity contribution >= 4 is 27.3 Å². The Morgan fingerprint density at radius 1 is 1.25 bits per heavy atom. The molecule has 2 aromatic rings. The van der Waals surface area contributed by atoms with Gasteiger partial charge in [0, 0.05) is 28.9 Å². The summed E-state index contributed by atoms with van der Waals surface area (Å²) in [6.07, 6.45) is 0. The zero-order valence-corrected chi connectivity index (χ0v) is 13.1. The Balaban J connectivity index is 2.49. The summed E-state index contributed by atoms with van der Waals surface area (Å²) >= 11 is 3.49. The number of nitrogens with zero attached hydrogens (tertiary/aromatic N) is 2. The van der Waals surface area contributed by atoms with E-state index in [4.69, 9.17) is 11.0 Å². The largest absolute Gasteiger partial charge is 0.344 e. The Morgan fingerprint density at radius 3 is 2.65 bits per heavy atom. The van der Waals surface area contributed by atoms with Crippen LogP contribution in [0.5, 0.6) is 0 Å². The molecule has 0 spiro atoms. The topological polar surface area (TPSA) is 53.0 Å². The van der Waals surface area contributed by atoms with Crippen LogP contribution < -0.4 is 10.6 Å². The van der Waals surface area contributed by atoms with Crippen molar-refractivity contribution in [1.82, 2.24) is 0 Å². The number of nitriles is 1. The predicted octanol–water partition coefficient (Wildman–Crippen LogP) is 4.11. The minimum Gasteiger partial charge on any atom is -0.344 e. The zero-order chi connectivity index (χ0) is 14.7. The van der Waals surface area contributed by atoms with Crippen LogP contribution in [0.4, 0.5) is 11.4 Å². The van der Waals surface area contributed by atoms with Gasteiger partial charge in [-0.25, -0.2) is 0 Å². The highest BCUT2D eigenvalue weighted by Gasteiger charge is 2.13. The molecule has 20 heavy (non-hydrogen) atoms. The normalized spacial score (nSPS) is 11.8. The lowest BCUT2D eigenvalue weighted by Gasteiger charge is -2.24. The zero-order valence-electron chi connectivity index (χ0n) is 11.5. The number of anilines is 2. The average Bonchev–Trinajstić information content (AvgIpc) is 2.46. The fourth-order valence-corrected chi connectivity index (χ4v) is 2.46. The summed E-state index contributed by atoms with van der Waals surface area (Å²) in [7, 11) is 1.98. The average molecular weight is 330 g/mol. The van der Waals surface area contributed by atoms with Crippen LogP contribution >= 0.6 is 15.9 Å². The molecule has 0 saturated carbocycles. The number of benzene rings is 2. The van der Waals surface area contributed by atoms with Crippen molar-refractivity contribution in [2.45, 2.75) is 13.0 Å². The Hall–Kier alpha value is -1.83. The summed E-state index contributed by atoms with van der Waals surface area (Å²) in [5, 5.41) is 9.01. The van der Waals surface area contributed by atoms with Gasteiger partial charge in [-0.05, 0) is 42.8 Å². The molecule has 0 radical (unpaired) electrons. The van der Waals surface area contributed by atoms with E-state index in [1.807, 2.05) is 55.3 Å². The molecule has 0 amide bonds. The Labute approximate surface area is 127 Å². The lowest BCUT2D eigenvalue weighted by molar-refractivity contribution is 0.815. The van der Waals surface area contributed by atoms with Crippen molar-refractivity contribution in [3.05, 3.63) is 58.1 Å². The second-order valence-electron chi connectivity index (χ2n) is 4.71. The number of halogens is 1. The van der Waals surface area contributed by atoms with Crippen LogP contribution in [0.3, 0.4) is 0 Å². The van der Waals surface area contributed by atoms with Gasteiger partial charge in [0.2, 0.25) is 0 Å². The van der Waals surface area contributed by atoms with E-state index >= 15 is 0 Å². The molecule has 0 aliphatic rings. The third kappa shape index (κ3) is 3.01. The molecular formula is C16H16BrN3. The summed E-state index contributed by atoms with van der Waals surface area (Å²) in [5.74, 6) is 0. The summed E-state index contributed by atoms with van der Waals surface area (Å²) < 4.78 is 1.00. The van der Waals surface area contributed by atoms with E-state index in [1.165, 1.54) is 0 Å². The summed E-state index contributed by atoms with van der Waals surface area (Å²) in [5.41, 5.74) is 9.75. The van der Waals surface area contributed by atoms with Gasteiger partial charge < -0.3 is 10.6 Å². The molecular weight excluding hydrogens is 314 g/mol. The molecule has 3 nitrogen and oxygen atoms in total. The van der Waals surface area contributed by atoms with E-state index in [2.05, 4.69) is 22.0 Å². The van der Waals surface area contributed by atoms with Crippen LogP contribution in [0.15, 0.2) is 46.9 Å². The molecule has 0 heterocycles. The second kappa shape index (κ2) is 6.08. The monoisotopic (exact) mass is 329 g/mol. The van der Waals surface area contributed by atoms with Crippen LogP contribution in [0.2, 0.25) is 0 Å². The van der Waals surface area contributed by atoms with Gasteiger partial charge in [0.25, 0.3) is 0 Å². The van der Waals surface area contributed by atoms with Crippen LogP contribution in [-0.4, -0.2) is 7.05 Å². The molecule has 0 bridgehead atoms. The van der Waals surface area contributed by atoms with Crippen LogP contribution in [0.1, 0.15) is 24.1 Å². The molecule has 1 unspecified atom stereocenters. The van der Waals surface area contributed by atoms with E-state index in [0.29, 0.717) is 5.56 Å². The molecule has 0 aliphatic heterocycles. The third-order valence-electron chi connectivity index (χ3n) is 3.21. The van der Waals surface area contributed by atoms with Gasteiger partial charge in [0.1, 0.15) is 0 Å². The second-order valence-corrected chi connectivity index (χ2v) is 5.63. The van der Waals surface area contributed by atoms with E-state index in [-0.39, 0.29) is 6.04 Å². The number of hydrogen-bond acceptors (Lipinski definition) is 3. The molecule has 4 heteroatoms. The first kappa shape index (κ1) is 14.6. The molecule has 0 aliphatic carbocycles. The highest BCUT2D eigenvalue weighted by Crippen LogP contribution is 2.32. The van der Waals surface area contributed by atoms with E-state index in [9.17, 15) is 0 Å². The third-order valence-corrected chi connectivity index (χ3v) is 3.70. The Kier molecular flexibility index (Phi) is 4.43. The lowest BCUT2D eigenvalue weighted by Crippen LogP contribution is -2.15. The van der Waals surface area contributed by atoms with E-state index in [1.54, 1.807) is 6.07 Å². The molecule has 0 fully saturated rings. The number of hydrogen-bond donors (Lipinski definition) is 1. The smallest absolute Gasteiger partial charge is 0.0992 e. The fraction of sp³-hybridized carbons (Fsp3) is 0.188. The highest BCUT2D eigenvalue weighted by atomic mass is 79.9. The van der Waals surface area contributed by atoms with E-state index < -0.39 is 0 Å². The molecule has 2 aromatic carbocycles. The Morgan fingerprint density at radius 2 is 2.00 bits per heavy atom. The molecule has 0 aromatic heterocycles. The number of rotatable bonds is 3. The van der Waals surface area contributed by atoms with Gasteiger partial charge in [-0.3, -0.25) is 0 Å². The van der Waals surface area contributed by atoms with Crippen molar-refractivity contribution in [1.29, 1.82) is 5.26 Å². The quantitative estimate of drug-likeness (QED) is 0.921. The fourth-order valence-electron chi connectivity index (χ4n) is 2.12. The van der Waals surface area contributed by atoms with Gasteiger partial charge in [-0.2, -0.15) is 5.26 Å². The maximum absolute atomic E-state index is 9.01. The van der Waals surface area contributed by atoms with Crippen molar-refractivity contribution in [3.8, 4) is 6.07 Å². The molecule has 102 valence electrons. The van der Waals surface area contributed by atoms with Crippen molar-refractivity contribution in [2.24, 2.45) is 5.73 Å². The summed E-state index contributed by atoms with van der Waals surface area (Å²) in [6.45, 7) is 1.96. The molecule has 2 rings (SSSR count). The van der Waals surface area contributed by atoms with Crippen LogP contribution in [0.25, 0.3) is 0 Å². The van der Waals surface area contributed by atoms with Gasteiger partial charge in [-0.1, -0.05) is 28.1 Å². The minimum absolute atomic E-state index is 0.0558. The summed E-state index contributed by atoms with van der Waals surface area (Å²) in [4.78, 5) is 2.05. The minimum atomic E-state index is -0.0558. The van der Waals surface area contributed by atoms with Gasteiger partial charge in [0.05, 0.1) is 11.6 Å². The maximum Gasteiger partial charge on any atom is 0.0992 e. The van der Waals surface area contributed by atoms with Gasteiger partial charge in [0.15, 0.2) is 0 Å². The van der Waals surface area contributed by atoms with E-state index in [0.717, 1.165) is 21.4 Å². The maximum atomic E-state index is 9.01. The first-order valence-corrected chi connectivity index (χ1v) is 7.11. The van der Waals surface area contributed by atoms with Crippen molar-refractivity contribution in [3.63, 3.8) is 0 Å². The first-order valence-electron chi connectivity index (χ1n) is 6.32. The lowest BCUT2D eigenvalue weighted by atomic mass is 10.1. The van der Waals surface area contributed by atoms with Crippen molar-refractivity contribution < 1.29 is 0 Å². The highest BCUT2D eigenvalue weighted by molar-refractivity contribution is 9.10. The molecule has 2 N–H and O–H groups in total.